The minimum Gasteiger partial charge on any atom is -0.390 e. The summed E-state index contributed by atoms with van der Waals surface area (Å²) in [6.07, 6.45) is 1.74. The molecule has 1 saturated carbocycles. The molecule has 0 radical (unpaired) electrons. The molecular weight excluding hydrogens is 116 g/mol. The number of hydrogen-bond acceptors (Lipinski definition) is 3. The van der Waals surface area contributed by atoms with Gasteiger partial charge in [0.25, 0.3) is 0 Å². The highest BCUT2D eigenvalue weighted by Gasteiger charge is 2.24. The number of nitrogens with two attached hydrogens (primary N) is 1. The van der Waals surface area contributed by atoms with Crippen LogP contribution in [0.1, 0.15) is 19.8 Å². The van der Waals surface area contributed by atoms with E-state index in [1.165, 1.54) is 12.8 Å². The number of rotatable bonds is 3. The number of hydrogen-bond donors (Lipinski definition) is 3. The summed E-state index contributed by atoms with van der Waals surface area (Å²) in [5, 5.41) is 12.0. The summed E-state index contributed by atoms with van der Waals surface area (Å²) >= 11 is 0. The fourth-order valence-electron chi connectivity index (χ4n) is 0.661. The first-order valence-corrected chi connectivity index (χ1v) is 3.40. The second kappa shape index (κ2) is 2.64. The Morgan fingerprint density at radius 1 is 1.67 bits per heavy atom. The van der Waals surface area contributed by atoms with Crippen molar-refractivity contribution in [2.75, 3.05) is 0 Å². The Hall–Kier alpha value is -0.120. The molecule has 1 rings (SSSR count). The fourth-order valence-corrected chi connectivity index (χ4v) is 0.661. The molecule has 54 valence electrons. The predicted octanol–water partition coefficient (Wildman–Crippen LogP) is -0.596. The summed E-state index contributed by atoms with van der Waals surface area (Å²) in [6, 6.07) is 0.578. The lowest BCUT2D eigenvalue weighted by atomic mass is 10.3. The molecule has 0 aliphatic heterocycles. The molecule has 3 heteroatoms. The molecule has 0 spiro atoms. The van der Waals surface area contributed by atoms with Crippen LogP contribution in [-0.4, -0.2) is 23.4 Å². The molecule has 1 aliphatic carbocycles. The summed E-state index contributed by atoms with van der Waals surface area (Å²) in [5.41, 5.74) is 5.50. The van der Waals surface area contributed by atoms with Crippen molar-refractivity contribution in [3.63, 3.8) is 0 Å². The van der Waals surface area contributed by atoms with E-state index in [9.17, 15) is 0 Å². The van der Waals surface area contributed by atoms with E-state index >= 15 is 0 Å². The first-order valence-electron chi connectivity index (χ1n) is 3.40. The van der Waals surface area contributed by atoms with Crippen molar-refractivity contribution < 1.29 is 5.11 Å². The summed E-state index contributed by atoms with van der Waals surface area (Å²) in [6.45, 7) is 1.69. The van der Waals surface area contributed by atoms with E-state index in [0.29, 0.717) is 6.04 Å². The monoisotopic (exact) mass is 130 g/mol. The topological polar surface area (TPSA) is 58.3 Å². The molecule has 9 heavy (non-hydrogen) atoms. The lowest BCUT2D eigenvalue weighted by Gasteiger charge is -2.15. The molecule has 1 aliphatic rings. The molecule has 0 aromatic rings. The van der Waals surface area contributed by atoms with Gasteiger partial charge in [0.2, 0.25) is 0 Å². The van der Waals surface area contributed by atoms with Gasteiger partial charge in [-0.25, -0.2) is 0 Å². The Bertz CT molecular complexity index is 91.1. The van der Waals surface area contributed by atoms with Gasteiger partial charge >= 0.3 is 0 Å². The van der Waals surface area contributed by atoms with Crippen LogP contribution in [0.4, 0.5) is 0 Å². The molecule has 0 amide bonds. The molecule has 2 unspecified atom stereocenters. The van der Waals surface area contributed by atoms with Crippen LogP contribution in [0.5, 0.6) is 0 Å². The van der Waals surface area contributed by atoms with Gasteiger partial charge < -0.3 is 10.8 Å². The lowest BCUT2D eigenvalue weighted by molar-refractivity contribution is 0.146. The van der Waals surface area contributed by atoms with E-state index in [4.69, 9.17) is 10.8 Å². The summed E-state index contributed by atoms with van der Waals surface area (Å²) in [5.74, 6) is 0. The highest BCUT2D eigenvalue weighted by Crippen LogP contribution is 2.18. The summed E-state index contributed by atoms with van der Waals surface area (Å²) in [4.78, 5) is 0. The first-order chi connectivity index (χ1) is 4.20. The van der Waals surface area contributed by atoms with Crippen molar-refractivity contribution in [1.82, 2.24) is 5.32 Å². The largest absolute Gasteiger partial charge is 0.390 e. The highest BCUT2D eigenvalue weighted by atomic mass is 16.3. The van der Waals surface area contributed by atoms with E-state index in [-0.39, 0.29) is 6.17 Å². The maximum absolute atomic E-state index is 8.91. The highest BCUT2D eigenvalue weighted by molar-refractivity contribution is 4.84. The standard InChI is InChI=1S/C6H14N2O/c1-4(9)6(7)8-5-2-3-5/h4-6,8-9H,2-3,7H2,1H3. The summed E-state index contributed by atoms with van der Waals surface area (Å²) in [7, 11) is 0. The number of nitrogens with one attached hydrogen (secondary N) is 1. The lowest BCUT2D eigenvalue weighted by Crippen LogP contribution is -2.46. The smallest absolute Gasteiger partial charge is 0.0813 e. The SMILES string of the molecule is CC(O)C(N)NC1CC1. The quantitative estimate of drug-likeness (QED) is 0.447. The van der Waals surface area contributed by atoms with E-state index < -0.39 is 6.10 Å². The molecule has 0 aromatic heterocycles. The van der Waals surface area contributed by atoms with Gasteiger partial charge in [-0.1, -0.05) is 0 Å². The van der Waals surface area contributed by atoms with E-state index in [1.807, 2.05) is 0 Å². The van der Waals surface area contributed by atoms with Crippen molar-refractivity contribution in [1.29, 1.82) is 0 Å². The molecule has 0 aromatic carbocycles. The van der Waals surface area contributed by atoms with Gasteiger partial charge in [0.1, 0.15) is 0 Å². The molecule has 0 bridgehead atoms. The van der Waals surface area contributed by atoms with Gasteiger partial charge in [0, 0.05) is 6.04 Å². The minimum absolute atomic E-state index is 0.238. The average Bonchev–Trinajstić information content (AvgIpc) is 2.50. The third-order valence-electron chi connectivity index (χ3n) is 1.53. The van der Waals surface area contributed by atoms with Crippen molar-refractivity contribution in [3.05, 3.63) is 0 Å². The Kier molecular flexibility index (Phi) is 2.05. The molecule has 2 atom stereocenters. The average molecular weight is 130 g/mol. The first kappa shape index (κ1) is 6.99. The van der Waals surface area contributed by atoms with Crippen LogP contribution in [0.3, 0.4) is 0 Å². The van der Waals surface area contributed by atoms with Gasteiger partial charge in [-0.15, -0.1) is 0 Å². The van der Waals surface area contributed by atoms with Gasteiger partial charge in [-0.2, -0.15) is 0 Å². The second-order valence-corrected chi connectivity index (χ2v) is 2.71. The van der Waals surface area contributed by atoms with Crippen molar-refractivity contribution >= 4 is 0 Å². The maximum atomic E-state index is 8.91. The van der Waals surface area contributed by atoms with Crippen LogP contribution in [0.2, 0.25) is 0 Å². The van der Waals surface area contributed by atoms with Gasteiger partial charge in [-0.3, -0.25) is 5.32 Å². The van der Waals surface area contributed by atoms with E-state index in [0.717, 1.165) is 0 Å². The van der Waals surface area contributed by atoms with E-state index in [1.54, 1.807) is 6.92 Å². The third kappa shape index (κ3) is 2.30. The predicted molar refractivity (Wildman–Crippen MR) is 35.8 cm³/mol. The number of aliphatic hydroxyl groups excluding tert-OH is 1. The van der Waals surface area contributed by atoms with Crippen LogP contribution < -0.4 is 11.1 Å². The Balaban J connectivity index is 2.09. The van der Waals surface area contributed by atoms with Gasteiger partial charge in [-0.05, 0) is 19.8 Å². The van der Waals surface area contributed by atoms with Crippen molar-refractivity contribution in [2.45, 2.75) is 38.1 Å². The molecular formula is C6H14N2O. The van der Waals surface area contributed by atoms with Crippen molar-refractivity contribution in [3.8, 4) is 0 Å². The zero-order valence-electron chi connectivity index (χ0n) is 5.67. The Labute approximate surface area is 55.2 Å². The normalized spacial score (nSPS) is 25.7. The zero-order chi connectivity index (χ0) is 6.85. The Morgan fingerprint density at radius 2 is 2.22 bits per heavy atom. The molecule has 1 fully saturated rings. The van der Waals surface area contributed by atoms with Gasteiger partial charge in [0.05, 0.1) is 12.3 Å². The Morgan fingerprint density at radius 3 is 2.56 bits per heavy atom. The molecule has 0 saturated heterocycles. The minimum atomic E-state index is -0.439. The van der Waals surface area contributed by atoms with Crippen LogP contribution in [0.15, 0.2) is 0 Å². The molecule has 0 heterocycles. The van der Waals surface area contributed by atoms with Crippen LogP contribution in [0.25, 0.3) is 0 Å². The van der Waals surface area contributed by atoms with Crippen LogP contribution in [0, 0.1) is 0 Å². The van der Waals surface area contributed by atoms with E-state index in [2.05, 4.69) is 5.32 Å². The zero-order valence-corrected chi connectivity index (χ0v) is 5.67. The summed E-state index contributed by atoms with van der Waals surface area (Å²) < 4.78 is 0. The van der Waals surface area contributed by atoms with Crippen molar-refractivity contribution in [2.24, 2.45) is 5.73 Å². The van der Waals surface area contributed by atoms with Crippen LogP contribution in [-0.2, 0) is 0 Å². The maximum Gasteiger partial charge on any atom is 0.0813 e. The molecule has 3 nitrogen and oxygen atoms in total. The van der Waals surface area contributed by atoms with Gasteiger partial charge in [0.15, 0.2) is 0 Å². The van der Waals surface area contributed by atoms with Crippen LogP contribution >= 0.6 is 0 Å². The number of aliphatic hydroxyl groups is 1. The second-order valence-electron chi connectivity index (χ2n) is 2.71. The molecule has 4 N–H and O–H groups in total. The fraction of sp³-hybridized carbons (Fsp3) is 1.00. The third-order valence-corrected chi connectivity index (χ3v) is 1.53.